The Labute approximate surface area is 154 Å². The van der Waals surface area contributed by atoms with Crippen molar-refractivity contribution in [2.24, 2.45) is 0 Å². The lowest BCUT2D eigenvalue weighted by Crippen LogP contribution is -2.48. The summed E-state index contributed by atoms with van der Waals surface area (Å²) in [6.45, 7) is 5.58. The molecule has 1 aliphatic heterocycles. The Morgan fingerprint density at radius 2 is 1.92 bits per heavy atom. The second-order valence-corrected chi connectivity index (χ2v) is 6.67. The van der Waals surface area contributed by atoms with Crippen molar-refractivity contribution in [3.05, 3.63) is 35.6 Å². The standard InChI is InChI=1S/C19H28FN3O3/c1-4-26-19(25)23-11-9-17(10-12-23)21-18(24)13-22(3)14(2)15-5-7-16(20)8-6-15/h5-8,14,17H,4,9-13H2,1-3H3,(H,21,24)/t14-/m0/s1. The predicted molar refractivity (Wildman–Crippen MR) is 97.2 cm³/mol. The molecule has 2 amide bonds. The molecule has 1 aromatic carbocycles. The zero-order valence-electron chi connectivity index (χ0n) is 15.7. The van der Waals surface area contributed by atoms with Crippen molar-refractivity contribution in [1.82, 2.24) is 15.1 Å². The summed E-state index contributed by atoms with van der Waals surface area (Å²) in [5, 5.41) is 3.04. The number of halogens is 1. The van der Waals surface area contributed by atoms with E-state index in [1.165, 1.54) is 12.1 Å². The normalized spacial score (nSPS) is 16.4. The molecule has 7 heteroatoms. The number of ether oxygens (including phenoxy) is 1. The molecular weight excluding hydrogens is 337 g/mol. The summed E-state index contributed by atoms with van der Waals surface area (Å²) in [6.07, 6.45) is 1.16. The molecule has 0 spiro atoms. The quantitative estimate of drug-likeness (QED) is 0.842. The fourth-order valence-electron chi connectivity index (χ4n) is 3.05. The van der Waals surface area contributed by atoms with Crippen molar-refractivity contribution < 1.29 is 18.7 Å². The van der Waals surface area contributed by atoms with Crippen LogP contribution in [0.3, 0.4) is 0 Å². The third kappa shape index (κ3) is 5.69. The zero-order valence-corrected chi connectivity index (χ0v) is 15.7. The molecule has 0 aliphatic carbocycles. The van der Waals surface area contributed by atoms with Crippen LogP contribution in [0.5, 0.6) is 0 Å². The highest BCUT2D eigenvalue weighted by Crippen LogP contribution is 2.19. The summed E-state index contributed by atoms with van der Waals surface area (Å²) in [5.74, 6) is -0.313. The van der Waals surface area contributed by atoms with E-state index in [0.717, 1.165) is 18.4 Å². The van der Waals surface area contributed by atoms with E-state index in [0.29, 0.717) is 19.7 Å². The number of nitrogens with one attached hydrogen (secondary N) is 1. The van der Waals surface area contributed by atoms with Gasteiger partial charge in [0.25, 0.3) is 0 Å². The SMILES string of the molecule is CCOC(=O)N1CCC(NC(=O)CN(C)[C@@H](C)c2ccc(F)cc2)CC1. The summed E-state index contributed by atoms with van der Waals surface area (Å²) in [6, 6.07) is 6.40. The molecule has 0 bridgehead atoms. The molecule has 0 radical (unpaired) electrons. The smallest absolute Gasteiger partial charge is 0.409 e. The van der Waals surface area contributed by atoms with E-state index in [4.69, 9.17) is 4.74 Å². The highest BCUT2D eigenvalue weighted by Gasteiger charge is 2.25. The molecule has 0 aromatic heterocycles. The van der Waals surface area contributed by atoms with Gasteiger partial charge in [0.1, 0.15) is 5.82 Å². The van der Waals surface area contributed by atoms with Gasteiger partial charge in [0, 0.05) is 25.2 Å². The molecule has 144 valence electrons. The van der Waals surface area contributed by atoms with Crippen molar-refractivity contribution in [2.45, 2.75) is 38.8 Å². The number of hydrogen-bond acceptors (Lipinski definition) is 4. The molecule has 0 saturated carbocycles. The van der Waals surface area contributed by atoms with E-state index in [2.05, 4.69) is 5.32 Å². The number of likely N-dealkylation sites (N-methyl/N-ethyl adjacent to an activating group) is 1. The van der Waals surface area contributed by atoms with E-state index >= 15 is 0 Å². The number of amides is 2. The molecule has 1 fully saturated rings. The minimum atomic E-state index is -0.287. The average Bonchev–Trinajstić information content (AvgIpc) is 2.62. The molecular formula is C19H28FN3O3. The monoisotopic (exact) mass is 365 g/mol. The van der Waals surface area contributed by atoms with Crippen LogP contribution in [0.2, 0.25) is 0 Å². The van der Waals surface area contributed by atoms with Gasteiger partial charge in [0.15, 0.2) is 0 Å². The van der Waals surface area contributed by atoms with Crippen LogP contribution in [-0.2, 0) is 9.53 Å². The first-order valence-corrected chi connectivity index (χ1v) is 9.07. The van der Waals surface area contributed by atoms with Crippen LogP contribution >= 0.6 is 0 Å². The highest BCUT2D eigenvalue weighted by molar-refractivity contribution is 5.78. The molecule has 1 heterocycles. The Hall–Kier alpha value is -2.15. The maximum Gasteiger partial charge on any atom is 0.409 e. The number of hydrogen-bond donors (Lipinski definition) is 1. The first kappa shape index (κ1) is 20.2. The van der Waals surface area contributed by atoms with Gasteiger partial charge in [-0.05, 0) is 51.4 Å². The van der Waals surface area contributed by atoms with Gasteiger partial charge in [-0.3, -0.25) is 9.69 Å². The summed E-state index contributed by atoms with van der Waals surface area (Å²) < 4.78 is 18.0. The predicted octanol–water partition coefficient (Wildman–Crippen LogP) is 2.56. The van der Waals surface area contributed by atoms with Crippen molar-refractivity contribution in [2.75, 3.05) is 33.3 Å². The number of piperidine rings is 1. The first-order chi connectivity index (χ1) is 12.4. The van der Waals surface area contributed by atoms with Gasteiger partial charge >= 0.3 is 6.09 Å². The van der Waals surface area contributed by atoms with Crippen LogP contribution in [0.1, 0.15) is 38.3 Å². The third-order valence-electron chi connectivity index (χ3n) is 4.79. The average molecular weight is 365 g/mol. The molecule has 1 saturated heterocycles. The Balaban J connectivity index is 1.76. The van der Waals surface area contributed by atoms with Crippen molar-refractivity contribution in [3.63, 3.8) is 0 Å². The maximum absolute atomic E-state index is 13.0. The van der Waals surface area contributed by atoms with Gasteiger partial charge in [-0.2, -0.15) is 0 Å². The van der Waals surface area contributed by atoms with E-state index in [1.54, 1.807) is 24.0 Å². The Kier molecular flexibility index (Phi) is 7.38. The largest absolute Gasteiger partial charge is 0.450 e. The van der Waals surface area contributed by atoms with Gasteiger partial charge in [0.2, 0.25) is 5.91 Å². The van der Waals surface area contributed by atoms with Crippen LogP contribution in [0.15, 0.2) is 24.3 Å². The van der Waals surface area contributed by atoms with Gasteiger partial charge in [-0.15, -0.1) is 0 Å². The summed E-state index contributed by atoms with van der Waals surface area (Å²) in [4.78, 5) is 27.6. The molecule has 1 atom stereocenters. The molecule has 1 N–H and O–H groups in total. The number of benzene rings is 1. The lowest BCUT2D eigenvalue weighted by Gasteiger charge is -2.32. The Bertz CT molecular complexity index is 601. The van der Waals surface area contributed by atoms with Crippen LogP contribution in [-0.4, -0.2) is 61.1 Å². The number of rotatable bonds is 6. The minimum Gasteiger partial charge on any atom is -0.450 e. The highest BCUT2D eigenvalue weighted by atomic mass is 19.1. The van der Waals surface area contributed by atoms with E-state index < -0.39 is 0 Å². The fraction of sp³-hybridized carbons (Fsp3) is 0.579. The number of nitrogens with zero attached hydrogens (tertiary/aromatic N) is 2. The molecule has 1 aromatic rings. The lowest BCUT2D eigenvalue weighted by atomic mass is 10.1. The molecule has 6 nitrogen and oxygen atoms in total. The maximum atomic E-state index is 13.0. The second-order valence-electron chi connectivity index (χ2n) is 6.67. The van der Waals surface area contributed by atoms with Crippen LogP contribution < -0.4 is 5.32 Å². The topological polar surface area (TPSA) is 61.9 Å². The minimum absolute atomic E-state index is 0.00649. The first-order valence-electron chi connectivity index (χ1n) is 9.07. The van der Waals surface area contributed by atoms with Crippen molar-refractivity contribution in [1.29, 1.82) is 0 Å². The zero-order chi connectivity index (χ0) is 19.1. The van der Waals surface area contributed by atoms with Crippen LogP contribution in [0.4, 0.5) is 9.18 Å². The van der Waals surface area contributed by atoms with Gasteiger partial charge in [-0.25, -0.2) is 9.18 Å². The lowest BCUT2D eigenvalue weighted by molar-refractivity contribution is -0.123. The van der Waals surface area contributed by atoms with Crippen molar-refractivity contribution >= 4 is 12.0 Å². The molecule has 2 rings (SSSR count). The Morgan fingerprint density at radius 1 is 1.31 bits per heavy atom. The number of likely N-dealkylation sites (tertiary alicyclic amines) is 1. The Morgan fingerprint density at radius 3 is 2.50 bits per heavy atom. The fourth-order valence-corrected chi connectivity index (χ4v) is 3.05. The number of carbonyl (C=O) groups excluding carboxylic acids is 2. The van der Waals surface area contributed by atoms with Gasteiger partial charge < -0.3 is 15.0 Å². The summed E-state index contributed by atoms with van der Waals surface area (Å²) >= 11 is 0. The van der Waals surface area contributed by atoms with Crippen LogP contribution in [0.25, 0.3) is 0 Å². The summed E-state index contributed by atoms with van der Waals surface area (Å²) in [5.41, 5.74) is 0.962. The second kappa shape index (κ2) is 9.52. The molecule has 26 heavy (non-hydrogen) atoms. The van der Waals surface area contributed by atoms with E-state index in [-0.39, 0.29) is 36.4 Å². The van der Waals surface area contributed by atoms with Gasteiger partial charge in [-0.1, -0.05) is 12.1 Å². The number of carbonyl (C=O) groups is 2. The van der Waals surface area contributed by atoms with E-state index in [9.17, 15) is 14.0 Å². The molecule has 1 aliphatic rings. The van der Waals surface area contributed by atoms with E-state index in [1.807, 2.05) is 18.9 Å². The summed E-state index contributed by atoms with van der Waals surface area (Å²) in [7, 11) is 1.87. The third-order valence-corrected chi connectivity index (χ3v) is 4.79. The van der Waals surface area contributed by atoms with Gasteiger partial charge in [0.05, 0.1) is 13.2 Å². The van der Waals surface area contributed by atoms with Crippen LogP contribution in [0, 0.1) is 5.82 Å². The van der Waals surface area contributed by atoms with Crippen molar-refractivity contribution in [3.8, 4) is 0 Å². The molecule has 0 unspecified atom stereocenters.